The zero-order chi connectivity index (χ0) is 48.6. The fourth-order valence-electron chi connectivity index (χ4n) is 7.79. The second-order valence-electron chi connectivity index (χ2n) is 18.5. The number of ether oxygens (including phenoxy) is 3. The summed E-state index contributed by atoms with van der Waals surface area (Å²) in [6, 6.07) is 0. The number of hydrogen-bond acceptors (Lipinski definition) is 6. The Kier molecular flexibility index (Phi) is 52.4. The van der Waals surface area contributed by atoms with E-state index in [-0.39, 0.29) is 31.1 Å². The van der Waals surface area contributed by atoms with Gasteiger partial charge in [-0.05, 0) is 77.0 Å². The summed E-state index contributed by atoms with van der Waals surface area (Å²) in [5.41, 5.74) is 0. The van der Waals surface area contributed by atoms with Crippen molar-refractivity contribution in [1.82, 2.24) is 0 Å². The quantitative estimate of drug-likeness (QED) is 0.0199. The van der Waals surface area contributed by atoms with Crippen LogP contribution in [0.3, 0.4) is 0 Å². The number of allylic oxidation sites excluding steroid dienone is 14. The van der Waals surface area contributed by atoms with Gasteiger partial charge in [0.2, 0.25) is 0 Å². The van der Waals surface area contributed by atoms with Crippen molar-refractivity contribution < 1.29 is 28.6 Å². The van der Waals surface area contributed by atoms with Gasteiger partial charge < -0.3 is 14.2 Å². The van der Waals surface area contributed by atoms with E-state index in [1.54, 1.807) is 0 Å². The van der Waals surface area contributed by atoms with Crippen molar-refractivity contribution in [3.63, 3.8) is 0 Å². The van der Waals surface area contributed by atoms with Gasteiger partial charge in [-0.25, -0.2) is 0 Å². The third kappa shape index (κ3) is 53.4. The highest BCUT2D eigenvalue weighted by molar-refractivity contribution is 5.71. The van der Waals surface area contributed by atoms with Gasteiger partial charge in [0, 0.05) is 19.3 Å². The summed E-state index contributed by atoms with van der Waals surface area (Å²) >= 11 is 0. The van der Waals surface area contributed by atoms with Crippen molar-refractivity contribution in [3.05, 3.63) is 85.1 Å². The minimum Gasteiger partial charge on any atom is -0.462 e. The molecule has 0 bridgehead atoms. The molecule has 0 amide bonds. The van der Waals surface area contributed by atoms with Crippen LogP contribution in [0.25, 0.3) is 0 Å². The fourth-order valence-corrected chi connectivity index (χ4v) is 7.79. The zero-order valence-corrected chi connectivity index (χ0v) is 43.9. The SMILES string of the molecule is CC\C=C/C=C\C=C/CCCCCCCC(=O)OCC(COC(=O)CCCCCCCC/C=C\C/C=C\C/C=C\C/C=C\CC)OC(=O)CCCCCCCCCCCCCCCCCCC. The minimum atomic E-state index is -0.790. The van der Waals surface area contributed by atoms with Crippen LogP contribution in [0.4, 0.5) is 0 Å². The van der Waals surface area contributed by atoms with Crippen LogP contribution in [-0.4, -0.2) is 37.2 Å². The Morgan fingerprint density at radius 1 is 0.328 bits per heavy atom. The molecule has 0 rings (SSSR count). The van der Waals surface area contributed by atoms with Gasteiger partial charge in [-0.2, -0.15) is 0 Å². The lowest BCUT2D eigenvalue weighted by molar-refractivity contribution is -0.167. The summed E-state index contributed by atoms with van der Waals surface area (Å²) in [4.78, 5) is 38.1. The first-order valence-corrected chi connectivity index (χ1v) is 28.1. The predicted molar refractivity (Wildman–Crippen MR) is 288 cm³/mol. The summed E-state index contributed by atoms with van der Waals surface area (Å²) in [6.07, 6.45) is 71.4. The van der Waals surface area contributed by atoms with Gasteiger partial charge in [-0.1, -0.05) is 254 Å². The van der Waals surface area contributed by atoms with Crippen molar-refractivity contribution in [2.24, 2.45) is 0 Å². The Balaban J connectivity index is 4.40. The van der Waals surface area contributed by atoms with Crippen LogP contribution in [-0.2, 0) is 28.6 Å². The summed E-state index contributed by atoms with van der Waals surface area (Å²) in [7, 11) is 0. The van der Waals surface area contributed by atoms with Gasteiger partial charge in [0.05, 0.1) is 0 Å². The average Bonchev–Trinajstić information content (AvgIpc) is 3.33. The molecule has 0 aromatic rings. The maximum atomic E-state index is 12.8. The second-order valence-corrected chi connectivity index (χ2v) is 18.5. The number of carbonyl (C=O) groups excluding carboxylic acids is 3. The van der Waals surface area contributed by atoms with E-state index in [1.807, 2.05) is 0 Å². The molecule has 6 heteroatoms. The maximum absolute atomic E-state index is 12.8. The number of esters is 3. The highest BCUT2D eigenvalue weighted by Crippen LogP contribution is 2.16. The lowest BCUT2D eigenvalue weighted by Crippen LogP contribution is -2.30. The smallest absolute Gasteiger partial charge is 0.306 e. The summed E-state index contributed by atoms with van der Waals surface area (Å²) in [5, 5.41) is 0. The minimum absolute atomic E-state index is 0.0894. The first-order valence-electron chi connectivity index (χ1n) is 28.1. The van der Waals surface area contributed by atoms with Gasteiger partial charge in [0.15, 0.2) is 6.10 Å². The molecule has 0 aromatic carbocycles. The standard InChI is InChI=1S/C61H104O6/c1-4-7-10-13-16-19-22-25-27-29-30-32-33-36-39-42-45-48-51-54-60(63)66-57-58(56-65-59(62)53-50-47-44-41-38-35-24-21-18-15-12-9-6-3)67-61(64)55-52-49-46-43-40-37-34-31-28-26-23-20-17-14-11-8-5-2/h7,9-10,12,15-16,18-19,21,24-25,27,30,32,58H,4-6,8,11,13-14,17,20,22-23,26,28-29,31,33-57H2,1-3H3/b10-7-,12-9-,18-15-,19-16-,24-21-,27-25-,32-30-. The van der Waals surface area contributed by atoms with E-state index in [2.05, 4.69) is 106 Å². The largest absolute Gasteiger partial charge is 0.462 e. The molecule has 0 N–H and O–H groups in total. The molecule has 6 nitrogen and oxygen atoms in total. The highest BCUT2D eigenvalue weighted by atomic mass is 16.6. The van der Waals surface area contributed by atoms with Crippen molar-refractivity contribution in [2.45, 2.75) is 271 Å². The molecule has 1 unspecified atom stereocenters. The van der Waals surface area contributed by atoms with E-state index in [0.29, 0.717) is 19.3 Å². The number of hydrogen-bond donors (Lipinski definition) is 0. The monoisotopic (exact) mass is 933 g/mol. The van der Waals surface area contributed by atoms with Crippen molar-refractivity contribution in [1.29, 1.82) is 0 Å². The zero-order valence-electron chi connectivity index (χ0n) is 43.9. The lowest BCUT2D eigenvalue weighted by atomic mass is 10.0. The highest BCUT2D eigenvalue weighted by Gasteiger charge is 2.19. The molecule has 0 aromatic heterocycles. The molecule has 0 saturated heterocycles. The third-order valence-electron chi connectivity index (χ3n) is 12.0. The van der Waals surface area contributed by atoms with Gasteiger partial charge in [-0.15, -0.1) is 0 Å². The van der Waals surface area contributed by atoms with E-state index in [0.717, 1.165) is 116 Å². The third-order valence-corrected chi connectivity index (χ3v) is 12.0. The van der Waals surface area contributed by atoms with E-state index in [4.69, 9.17) is 14.2 Å². The van der Waals surface area contributed by atoms with Crippen molar-refractivity contribution in [3.8, 4) is 0 Å². The van der Waals surface area contributed by atoms with Crippen LogP contribution in [0.2, 0.25) is 0 Å². The Hall–Kier alpha value is -3.41. The Morgan fingerprint density at radius 2 is 0.657 bits per heavy atom. The number of carbonyl (C=O) groups is 3. The molecule has 384 valence electrons. The summed E-state index contributed by atoms with van der Waals surface area (Å²) in [5.74, 6) is -0.916. The molecule has 0 aliphatic rings. The molecule has 0 heterocycles. The van der Waals surface area contributed by atoms with Gasteiger partial charge in [0.25, 0.3) is 0 Å². The summed E-state index contributed by atoms with van der Waals surface area (Å²) < 4.78 is 16.8. The molecular formula is C61H104O6. The summed E-state index contributed by atoms with van der Waals surface area (Å²) in [6.45, 7) is 6.38. The molecule has 1 atom stereocenters. The molecule has 0 spiro atoms. The molecule has 0 aliphatic heterocycles. The second kappa shape index (κ2) is 55.2. The van der Waals surface area contributed by atoms with Crippen LogP contribution >= 0.6 is 0 Å². The number of unbranched alkanes of at least 4 members (excludes halogenated alkanes) is 27. The Labute approximate surface area is 414 Å². The molecule has 0 aliphatic carbocycles. The molecular weight excluding hydrogens is 829 g/mol. The predicted octanol–water partition coefficient (Wildman–Crippen LogP) is 18.8. The fraction of sp³-hybridized carbons (Fsp3) is 0.721. The van der Waals surface area contributed by atoms with Gasteiger partial charge in [-0.3, -0.25) is 14.4 Å². The van der Waals surface area contributed by atoms with Crippen LogP contribution in [0, 0.1) is 0 Å². The Morgan fingerprint density at radius 3 is 1.07 bits per heavy atom. The van der Waals surface area contributed by atoms with Gasteiger partial charge in [0.1, 0.15) is 13.2 Å². The van der Waals surface area contributed by atoms with E-state index < -0.39 is 6.10 Å². The topological polar surface area (TPSA) is 78.9 Å². The first kappa shape index (κ1) is 63.6. The van der Waals surface area contributed by atoms with E-state index >= 15 is 0 Å². The van der Waals surface area contributed by atoms with E-state index in [9.17, 15) is 14.4 Å². The Bertz CT molecular complexity index is 1300. The van der Waals surface area contributed by atoms with Crippen LogP contribution in [0.5, 0.6) is 0 Å². The lowest BCUT2D eigenvalue weighted by Gasteiger charge is -2.18. The average molecular weight is 933 g/mol. The van der Waals surface area contributed by atoms with Crippen LogP contribution in [0.1, 0.15) is 265 Å². The molecule has 67 heavy (non-hydrogen) atoms. The van der Waals surface area contributed by atoms with E-state index in [1.165, 1.54) is 109 Å². The molecule has 0 fully saturated rings. The van der Waals surface area contributed by atoms with Crippen LogP contribution < -0.4 is 0 Å². The van der Waals surface area contributed by atoms with Crippen molar-refractivity contribution in [2.75, 3.05) is 13.2 Å². The van der Waals surface area contributed by atoms with Crippen molar-refractivity contribution >= 4 is 17.9 Å². The molecule has 0 radical (unpaired) electrons. The first-order chi connectivity index (χ1) is 33.0. The normalized spacial score (nSPS) is 12.7. The molecule has 0 saturated carbocycles. The van der Waals surface area contributed by atoms with Crippen LogP contribution in [0.15, 0.2) is 85.1 Å². The number of rotatable bonds is 50. The van der Waals surface area contributed by atoms with Gasteiger partial charge >= 0.3 is 17.9 Å². The maximum Gasteiger partial charge on any atom is 0.306 e.